The van der Waals surface area contributed by atoms with Crippen LogP contribution in [0.3, 0.4) is 0 Å². The first kappa shape index (κ1) is 17.3. The van der Waals surface area contributed by atoms with E-state index in [2.05, 4.69) is 29.6 Å². The van der Waals surface area contributed by atoms with E-state index >= 15 is 0 Å². The van der Waals surface area contributed by atoms with Crippen LogP contribution in [0.25, 0.3) is 11.1 Å². The second-order valence-corrected chi connectivity index (χ2v) is 7.39. The zero-order valence-corrected chi connectivity index (χ0v) is 15.1. The maximum atomic E-state index is 12.2. The van der Waals surface area contributed by atoms with Gasteiger partial charge < -0.3 is 4.74 Å². The molecule has 134 valence electrons. The van der Waals surface area contributed by atoms with E-state index in [1.54, 1.807) is 0 Å². The van der Waals surface area contributed by atoms with Gasteiger partial charge >= 0.3 is 0 Å². The molecule has 2 saturated heterocycles. The highest BCUT2D eigenvalue weighted by Gasteiger charge is 2.30. The molecular weight excluding hydrogens is 350 g/mol. The fraction of sp³-hybridized carbons (Fsp3) is 0.333. The number of halogens is 1. The number of rotatable bonds is 4. The third-order valence-electron chi connectivity index (χ3n) is 5.14. The van der Waals surface area contributed by atoms with Crippen molar-refractivity contribution in [3.63, 3.8) is 0 Å². The van der Waals surface area contributed by atoms with Crippen LogP contribution in [0.4, 0.5) is 0 Å². The van der Waals surface area contributed by atoms with Crippen molar-refractivity contribution < 1.29 is 14.3 Å². The fourth-order valence-corrected chi connectivity index (χ4v) is 3.96. The molecule has 0 saturated carbocycles. The summed E-state index contributed by atoms with van der Waals surface area (Å²) in [6.45, 7) is 1.70. The van der Waals surface area contributed by atoms with Crippen molar-refractivity contribution in [3.8, 4) is 11.1 Å². The van der Waals surface area contributed by atoms with Crippen molar-refractivity contribution in [1.29, 1.82) is 0 Å². The standard InChI is InChI=1S/C21H20ClNO3/c22-20-16(15-6-4-13(5-7-15)10-14-11-26-12-14)2-1-3-17(20)18-8-9-19(24)23-21(18)25/h1-7,14,18H,8-12H2,(H,23,24,25). The molecule has 26 heavy (non-hydrogen) atoms. The van der Waals surface area contributed by atoms with Gasteiger partial charge in [0.15, 0.2) is 0 Å². The molecule has 5 heteroatoms. The second kappa shape index (κ2) is 7.22. The first-order valence-electron chi connectivity index (χ1n) is 8.91. The lowest BCUT2D eigenvalue weighted by molar-refractivity contribution is -0.134. The topological polar surface area (TPSA) is 55.4 Å². The van der Waals surface area contributed by atoms with Gasteiger partial charge in [0.2, 0.25) is 11.8 Å². The Labute approximate surface area is 157 Å². The average Bonchev–Trinajstić information content (AvgIpc) is 2.60. The van der Waals surface area contributed by atoms with E-state index in [0.29, 0.717) is 23.8 Å². The number of carbonyl (C=O) groups excluding carboxylic acids is 2. The molecule has 2 aromatic carbocycles. The lowest BCUT2D eigenvalue weighted by Gasteiger charge is -2.26. The molecular formula is C21H20ClNO3. The van der Waals surface area contributed by atoms with E-state index in [-0.39, 0.29) is 17.7 Å². The van der Waals surface area contributed by atoms with E-state index in [1.165, 1.54) is 5.56 Å². The zero-order chi connectivity index (χ0) is 18.1. The van der Waals surface area contributed by atoms with Crippen molar-refractivity contribution in [3.05, 3.63) is 58.6 Å². The lowest BCUT2D eigenvalue weighted by atomic mass is 9.88. The Morgan fingerprint density at radius 3 is 2.50 bits per heavy atom. The van der Waals surface area contributed by atoms with Gasteiger partial charge in [0.1, 0.15) is 0 Å². The van der Waals surface area contributed by atoms with Crippen LogP contribution in [0, 0.1) is 5.92 Å². The van der Waals surface area contributed by atoms with Gasteiger partial charge in [-0.2, -0.15) is 0 Å². The molecule has 2 fully saturated rings. The Hall–Kier alpha value is -2.17. The third-order valence-corrected chi connectivity index (χ3v) is 5.56. The predicted molar refractivity (Wildman–Crippen MR) is 100 cm³/mol. The summed E-state index contributed by atoms with van der Waals surface area (Å²) in [4.78, 5) is 23.6. The third kappa shape index (κ3) is 3.39. The first-order chi connectivity index (χ1) is 12.6. The largest absolute Gasteiger partial charge is 0.381 e. The van der Waals surface area contributed by atoms with Gasteiger partial charge in [0.05, 0.1) is 24.2 Å². The molecule has 2 aliphatic heterocycles. The van der Waals surface area contributed by atoms with E-state index < -0.39 is 0 Å². The maximum Gasteiger partial charge on any atom is 0.234 e. The van der Waals surface area contributed by atoms with Crippen molar-refractivity contribution in [2.75, 3.05) is 13.2 Å². The van der Waals surface area contributed by atoms with Gasteiger partial charge in [0.25, 0.3) is 0 Å². The van der Waals surface area contributed by atoms with E-state index in [0.717, 1.165) is 36.3 Å². The van der Waals surface area contributed by atoms with Crippen LogP contribution in [-0.4, -0.2) is 25.0 Å². The summed E-state index contributed by atoms with van der Waals surface area (Å²) >= 11 is 6.65. The van der Waals surface area contributed by atoms with Gasteiger partial charge in [-0.3, -0.25) is 14.9 Å². The molecule has 0 spiro atoms. The van der Waals surface area contributed by atoms with E-state index in [4.69, 9.17) is 16.3 Å². The van der Waals surface area contributed by atoms with Crippen molar-refractivity contribution in [1.82, 2.24) is 5.32 Å². The molecule has 2 amide bonds. The number of ether oxygens (including phenoxy) is 1. The highest BCUT2D eigenvalue weighted by molar-refractivity contribution is 6.34. The van der Waals surface area contributed by atoms with Crippen LogP contribution in [0.5, 0.6) is 0 Å². The number of hydrogen-bond acceptors (Lipinski definition) is 3. The molecule has 2 heterocycles. The molecule has 4 nitrogen and oxygen atoms in total. The predicted octanol–water partition coefficient (Wildman–Crippen LogP) is 3.72. The quantitative estimate of drug-likeness (QED) is 0.836. The summed E-state index contributed by atoms with van der Waals surface area (Å²) in [6, 6.07) is 14.2. The van der Waals surface area contributed by atoms with E-state index in [9.17, 15) is 9.59 Å². The number of piperidine rings is 1. The molecule has 2 aliphatic rings. The summed E-state index contributed by atoms with van der Waals surface area (Å²) in [5.74, 6) is -0.234. The minimum absolute atomic E-state index is 0.217. The molecule has 0 aliphatic carbocycles. The van der Waals surface area contributed by atoms with Crippen LogP contribution in [0.2, 0.25) is 5.02 Å². The Morgan fingerprint density at radius 2 is 1.85 bits per heavy atom. The molecule has 2 aromatic rings. The Kier molecular flexibility index (Phi) is 4.79. The summed E-state index contributed by atoms with van der Waals surface area (Å²) in [5, 5.41) is 2.99. The van der Waals surface area contributed by atoms with Crippen molar-refractivity contribution >= 4 is 23.4 Å². The van der Waals surface area contributed by atoms with Gasteiger partial charge in [-0.1, -0.05) is 54.1 Å². The number of carbonyl (C=O) groups is 2. The monoisotopic (exact) mass is 369 g/mol. The highest BCUT2D eigenvalue weighted by atomic mass is 35.5. The second-order valence-electron chi connectivity index (χ2n) is 7.02. The van der Waals surface area contributed by atoms with Crippen LogP contribution >= 0.6 is 11.6 Å². The molecule has 0 aromatic heterocycles. The zero-order valence-electron chi connectivity index (χ0n) is 14.3. The Balaban J connectivity index is 1.59. The van der Waals surface area contributed by atoms with Gasteiger partial charge in [-0.05, 0) is 29.5 Å². The first-order valence-corrected chi connectivity index (χ1v) is 9.29. The number of amides is 2. The number of nitrogens with one attached hydrogen (secondary N) is 1. The van der Waals surface area contributed by atoms with E-state index in [1.807, 2.05) is 18.2 Å². The fourth-order valence-electron chi connectivity index (χ4n) is 3.59. The van der Waals surface area contributed by atoms with Crippen LogP contribution in [0.1, 0.15) is 29.9 Å². The van der Waals surface area contributed by atoms with Gasteiger partial charge in [-0.25, -0.2) is 0 Å². The summed E-state index contributed by atoms with van der Waals surface area (Å²) in [7, 11) is 0. The number of benzene rings is 2. The summed E-state index contributed by atoms with van der Waals surface area (Å²) in [5.41, 5.74) is 4.01. The lowest BCUT2D eigenvalue weighted by Crippen LogP contribution is -2.39. The molecule has 1 atom stereocenters. The molecule has 0 bridgehead atoms. The average molecular weight is 370 g/mol. The molecule has 1 N–H and O–H groups in total. The van der Waals surface area contributed by atoms with Crippen molar-refractivity contribution in [2.24, 2.45) is 5.92 Å². The van der Waals surface area contributed by atoms with Gasteiger partial charge in [0, 0.05) is 17.9 Å². The Morgan fingerprint density at radius 1 is 1.08 bits per heavy atom. The van der Waals surface area contributed by atoms with Crippen LogP contribution in [0.15, 0.2) is 42.5 Å². The van der Waals surface area contributed by atoms with Crippen molar-refractivity contribution in [2.45, 2.75) is 25.2 Å². The van der Waals surface area contributed by atoms with Crippen LogP contribution < -0.4 is 5.32 Å². The smallest absolute Gasteiger partial charge is 0.234 e. The summed E-state index contributed by atoms with van der Waals surface area (Å²) in [6.07, 6.45) is 1.87. The minimum atomic E-state index is -0.377. The molecule has 0 radical (unpaired) electrons. The number of imide groups is 1. The number of hydrogen-bond donors (Lipinski definition) is 1. The minimum Gasteiger partial charge on any atom is -0.381 e. The summed E-state index contributed by atoms with van der Waals surface area (Å²) < 4.78 is 5.23. The highest BCUT2D eigenvalue weighted by Crippen LogP contribution is 2.37. The Bertz CT molecular complexity index is 843. The normalized spacial score (nSPS) is 20.6. The maximum absolute atomic E-state index is 12.2. The molecule has 1 unspecified atom stereocenters. The van der Waals surface area contributed by atoms with Gasteiger partial charge in [-0.15, -0.1) is 0 Å². The molecule has 4 rings (SSSR count). The van der Waals surface area contributed by atoms with Crippen LogP contribution in [-0.2, 0) is 20.7 Å². The SMILES string of the molecule is O=C1CCC(c2cccc(-c3ccc(CC4COC4)cc3)c2Cl)C(=O)N1.